The highest BCUT2D eigenvalue weighted by molar-refractivity contribution is 7.17. The molecule has 3 aromatic rings. The van der Waals surface area contributed by atoms with Crippen molar-refractivity contribution in [3.05, 3.63) is 51.7 Å². The number of ether oxygens (including phenoxy) is 1. The lowest BCUT2D eigenvalue weighted by molar-refractivity contribution is -0.150. The average molecular weight is 602 g/mol. The van der Waals surface area contributed by atoms with E-state index in [0.29, 0.717) is 45.5 Å². The van der Waals surface area contributed by atoms with Gasteiger partial charge in [0.25, 0.3) is 5.91 Å². The van der Waals surface area contributed by atoms with E-state index in [0.717, 1.165) is 37.6 Å². The van der Waals surface area contributed by atoms with Crippen LogP contribution in [0, 0.1) is 6.92 Å². The van der Waals surface area contributed by atoms with Gasteiger partial charge in [-0.1, -0.05) is 35.1 Å². The highest BCUT2D eigenvalue weighted by Gasteiger charge is 2.27. The van der Waals surface area contributed by atoms with Crippen molar-refractivity contribution in [1.82, 2.24) is 25.2 Å². The maximum absolute atomic E-state index is 12.9. The zero-order valence-electron chi connectivity index (χ0n) is 23.7. The Bertz CT molecular complexity index is 1380. The standard InChI is InChI=1S/C27H36ClN9O3S/c1-17-32-21(34-26-31-16-20(41-26)24(38)35-23-18(15-29)6-5-7-19(23)28)14-22(33-17)37-10-8-36(9-11-37)12-13-40-25(39)27(2,3)30-4/h5-7,14,16,30H,8-13,15,29H2,1-4H3,(H,35,38)(H,31,32,33,34). The number of nitrogens with two attached hydrogens (primary N) is 1. The van der Waals surface area contributed by atoms with Crippen molar-refractivity contribution in [3.63, 3.8) is 0 Å². The second-order valence-electron chi connectivity index (χ2n) is 10.1. The minimum atomic E-state index is -0.701. The summed E-state index contributed by atoms with van der Waals surface area (Å²) >= 11 is 7.48. The van der Waals surface area contributed by atoms with E-state index in [9.17, 15) is 9.59 Å². The number of nitrogens with one attached hydrogen (secondary N) is 3. The number of amides is 1. The molecule has 1 aliphatic rings. The summed E-state index contributed by atoms with van der Waals surface area (Å²) in [4.78, 5) is 43.4. The van der Waals surface area contributed by atoms with E-state index in [4.69, 9.17) is 22.1 Å². The monoisotopic (exact) mass is 601 g/mol. The van der Waals surface area contributed by atoms with E-state index in [-0.39, 0.29) is 18.4 Å². The Morgan fingerprint density at radius 1 is 1.20 bits per heavy atom. The third-order valence-corrected chi connectivity index (χ3v) is 8.05. The Kier molecular flexibility index (Phi) is 10.1. The molecule has 0 radical (unpaired) electrons. The minimum Gasteiger partial charge on any atom is -0.463 e. The van der Waals surface area contributed by atoms with Crippen molar-refractivity contribution in [2.45, 2.75) is 32.9 Å². The number of thiazole rings is 1. The molecular formula is C27H36ClN9O3S. The number of esters is 1. The van der Waals surface area contributed by atoms with Crippen molar-refractivity contribution in [3.8, 4) is 0 Å². The predicted molar refractivity (Wildman–Crippen MR) is 162 cm³/mol. The number of carbonyl (C=O) groups is 2. The fourth-order valence-electron chi connectivity index (χ4n) is 4.13. The molecule has 0 unspecified atom stereocenters. The molecule has 0 spiro atoms. The van der Waals surface area contributed by atoms with Crippen LogP contribution >= 0.6 is 22.9 Å². The van der Waals surface area contributed by atoms with E-state index >= 15 is 0 Å². The number of likely N-dealkylation sites (N-methyl/N-ethyl adjacent to an activating group) is 1. The summed E-state index contributed by atoms with van der Waals surface area (Å²) < 4.78 is 5.44. The molecule has 14 heteroatoms. The number of nitrogens with zero attached hydrogens (tertiary/aromatic N) is 5. The van der Waals surface area contributed by atoms with Gasteiger partial charge in [-0.15, -0.1) is 0 Å². The highest BCUT2D eigenvalue weighted by atomic mass is 35.5. The summed E-state index contributed by atoms with van der Waals surface area (Å²) in [5, 5.41) is 9.95. The van der Waals surface area contributed by atoms with Crippen molar-refractivity contribution < 1.29 is 14.3 Å². The van der Waals surface area contributed by atoms with Gasteiger partial charge in [-0.3, -0.25) is 14.5 Å². The Hall–Kier alpha value is -3.36. The van der Waals surface area contributed by atoms with Gasteiger partial charge in [-0.25, -0.2) is 15.0 Å². The first-order chi connectivity index (χ1) is 19.6. The molecule has 12 nitrogen and oxygen atoms in total. The van der Waals surface area contributed by atoms with Crippen molar-refractivity contribution in [2.24, 2.45) is 5.73 Å². The van der Waals surface area contributed by atoms with E-state index in [1.54, 1.807) is 33.0 Å². The van der Waals surface area contributed by atoms with Crippen LogP contribution in [0.1, 0.15) is 34.9 Å². The lowest BCUT2D eigenvalue weighted by Gasteiger charge is -2.35. The zero-order chi connectivity index (χ0) is 29.6. The van der Waals surface area contributed by atoms with E-state index in [1.807, 2.05) is 19.1 Å². The van der Waals surface area contributed by atoms with Crippen LogP contribution in [0.25, 0.3) is 0 Å². The summed E-state index contributed by atoms with van der Waals surface area (Å²) in [7, 11) is 1.74. The zero-order valence-corrected chi connectivity index (χ0v) is 25.2. The van der Waals surface area contributed by atoms with Crippen LogP contribution in [0.15, 0.2) is 30.5 Å². The molecule has 220 valence electrons. The maximum Gasteiger partial charge on any atom is 0.325 e. The maximum atomic E-state index is 12.9. The lowest BCUT2D eigenvalue weighted by Crippen LogP contribution is -2.49. The smallest absolute Gasteiger partial charge is 0.325 e. The first-order valence-corrected chi connectivity index (χ1v) is 14.5. The van der Waals surface area contributed by atoms with E-state index < -0.39 is 5.54 Å². The third kappa shape index (κ3) is 7.89. The molecule has 0 aliphatic carbocycles. The summed E-state index contributed by atoms with van der Waals surface area (Å²) in [6.07, 6.45) is 1.51. The predicted octanol–water partition coefficient (Wildman–Crippen LogP) is 3.01. The fraction of sp³-hybridized carbons (Fsp3) is 0.444. The number of aromatic nitrogens is 3. The van der Waals surface area contributed by atoms with Crippen LogP contribution in [0.2, 0.25) is 5.02 Å². The average Bonchev–Trinajstić information content (AvgIpc) is 3.42. The molecule has 0 saturated carbocycles. The van der Waals surface area contributed by atoms with Gasteiger partial charge in [0.1, 0.15) is 34.5 Å². The van der Waals surface area contributed by atoms with Gasteiger partial charge in [-0.05, 0) is 39.4 Å². The molecule has 2 aromatic heterocycles. The van der Waals surface area contributed by atoms with Crippen LogP contribution in [0.4, 0.5) is 22.5 Å². The van der Waals surface area contributed by atoms with Crippen LogP contribution in [0.5, 0.6) is 0 Å². The molecule has 1 amide bonds. The quantitative estimate of drug-likeness (QED) is 0.240. The molecule has 4 rings (SSSR count). The second kappa shape index (κ2) is 13.5. The summed E-state index contributed by atoms with van der Waals surface area (Å²) in [5.74, 6) is 1.44. The number of para-hydroxylation sites is 1. The highest BCUT2D eigenvalue weighted by Crippen LogP contribution is 2.29. The Labute approximate surface area is 248 Å². The molecule has 1 fully saturated rings. The number of rotatable bonds is 11. The van der Waals surface area contributed by atoms with Crippen molar-refractivity contribution in [1.29, 1.82) is 0 Å². The molecule has 1 saturated heterocycles. The van der Waals surface area contributed by atoms with Gasteiger partial charge in [0.2, 0.25) is 0 Å². The van der Waals surface area contributed by atoms with Gasteiger partial charge in [0, 0.05) is 45.3 Å². The minimum absolute atomic E-state index is 0.251. The number of carbonyl (C=O) groups excluding carboxylic acids is 2. The molecule has 1 aliphatic heterocycles. The number of halogens is 1. The largest absolute Gasteiger partial charge is 0.463 e. The van der Waals surface area contributed by atoms with Crippen LogP contribution in [0.3, 0.4) is 0 Å². The number of anilines is 4. The van der Waals surface area contributed by atoms with Crippen LogP contribution in [-0.4, -0.2) is 83.6 Å². The van der Waals surface area contributed by atoms with Crippen LogP contribution < -0.4 is 26.6 Å². The third-order valence-electron chi connectivity index (χ3n) is 6.82. The number of hydrogen-bond acceptors (Lipinski definition) is 12. The molecule has 41 heavy (non-hydrogen) atoms. The summed E-state index contributed by atoms with van der Waals surface area (Å²) in [6, 6.07) is 7.19. The fourth-order valence-corrected chi connectivity index (χ4v) is 5.09. The first-order valence-electron chi connectivity index (χ1n) is 13.3. The van der Waals surface area contributed by atoms with Gasteiger partial charge in [0.15, 0.2) is 5.13 Å². The topological polar surface area (TPSA) is 151 Å². The molecular weight excluding hydrogens is 566 g/mol. The van der Waals surface area contributed by atoms with Gasteiger partial charge in [0.05, 0.1) is 16.9 Å². The lowest BCUT2D eigenvalue weighted by atomic mass is 10.1. The second-order valence-corrected chi connectivity index (χ2v) is 11.5. The van der Waals surface area contributed by atoms with Gasteiger partial charge >= 0.3 is 5.97 Å². The van der Waals surface area contributed by atoms with Crippen molar-refractivity contribution >= 4 is 57.3 Å². The van der Waals surface area contributed by atoms with Gasteiger partial charge in [-0.2, -0.15) is 0 Å². The number of benzene rings is 1. The van der Waals surface area contributed by atoms with E-state index in [1.165, 1.54) is 17.5 Å². The Morgan fingerprint density at radius 3 is 2.66 bits per heavy atom. The molecule has 0 bridgehead atoms. The Morgan fingerprint density at radius 2 is 1.95 bits per heavy atom. The SMILES string of the molecule is CNC(C)(C)C(=O)OCCN1CCN(c2cc(Nc3ncc(C(=O)Nc4c(Cl)cccc4CN)s3)nc(C)n2)CC1. The number of piperazine rings is 1. The van der Waals surface area contributed by atoms with Gasteiger partial charge < -0.3 is 31.3 Å². The summed E-state index contributed by atoms with van der Waals surface area (Å²) in [5.41, 5.74) is 6.33. The number of aryl methyl sites for hydroxylation is 1. The van der Waals surface area contributed by atoms with Crippen molar-refractivity contribution in [2.75, 3.05) is 61.9 Å². The Balaban J connectivity index is 1.32. The molecule has 0 atom stereocenters. The normalized spacial score (nSPS) is 14.1. The summed E-state index contributed by atoms with van der Waals surface area (Å²) in [6.45, 7) is 9.91. The molecule has 3 heterocycles. The van der Waals surface area contributed by atoms with E-state index in [2.05, 4.69) is 40.7 Å². The van der Waals surface area contributed by atoms with Crippen LogP contribution in [-0.2, 0) is 16.1 Å². The molecule has 1 aromatic carbocycles. The first kappa shape index (κ1) is 30.6. The molecule has 5 N–H and O–H groups in total. The number of hydrogen-bond donors (Lipinski definition) is 4.